The van der Waals surface area contributed by atoms with Crippen LogP contribution in [0.5, 0.6) is 5.75 Å². The molecular formula is C29H31N3O4. The summed E-state index contributed by atoms with van der Waals surface area (Å²) in [5, 5.41) is 3.16. The molecule has 7 heteroatoms. The van der Waals surface area contributed by atoms with Gasteiger partial charge < -0.3 is 19.7 Å². The van der Waals surface area contributed by atoms with Gasteiger partial charge in [0.2, 0.25) is 5.91 Å². The fraction of sp³-hybridized carbons (Fsp3) is 0.345. The monoisotopic (exact) mass is 485 g/mol. The molecule has 3 aromatic rings. The Hall–Kier alpha value is -3.71. The summed E-state index contributed by atoms with van der Waals surface area (Å²) >= 11 is 0. The first-order valence-corrected chi connectivity index (χ1v) is 12.3. The van der Waals surface area contributed by atoms with Gasteiger partial charge in [-0.2, -0.15) is 0 Å². The third kappa shape index (κ3) is 4.46. The fourth-order valence-corrected chi connectivity index (χ4v) is 5.75. The van der Waals surface area contributed by atoms with Gasteiger partial charge in [-0.25, -0.2) is 0 Å². The number of nitrogens with zero attached hydrogens (tertiary/aromatic N) is 2. The van der Waals surface area contributed by atoms with Gasteiger partial charge in [-0.15, -0.1) is 0 Å². The lowest BCUT2D eigenvalue weighted by Gasteiger charge is -2.44. The fourth-order valence-electron chi connectivity index (χ4n) is 5.75. The highest BCUT2D eigenvalue weighted by Crippen LogP contribution is 2.52. The molecule has 2 aromatic carbocycles. The Morgan fingerprint density at radius 1 is 1.06 bits per heavy atom. The van der Waals surface area contributed by atoms with Crippen molar-refractivity contribution in [3.63, 3.8) is 0 Å². The molecule has 2 atom stereocenters. The predicted molar refractivity (Wildman–Crippen MR) is 136 cm³/mol. The number of methoxy groups -OCH3 is 1. The molecular weight excluding hydrogens is 454 g/mol. The minimum absolute atomic E-state index is 0.00250. The molecule has 2 heterocycles. The minimum Gasteiger partial charge on any atom is -0.497 e. The number of hydrogen-bond acceptors (Lipinski definition) is 5. The summed E-state index contributed by atoms with van der Waals surface area (Å²) in [6.07, 6.45) is 4.76. The minimum atomic E-state index is -0.304. The topological polar surface area (TPSA) is 80.8 Å². The number of pyridine rings is 1. The second kappa shape index (κ2) is 10.1. The molecule has 1 spiro atoms. The van der Waals surface area contributed by atoms with Crippen molar-refractivity contribution in [2.45, 2.75) is 43.9 Å². The molecule has 2 aliphatic rings. The average molecular weight is 486 g/mol. The van der Waals surface area contributed by atoms with Gasteiger partial charge in [-0.1, -0.05) is 30.3 Å². The molecule has 5 rings (SSSR count). The lowest BCUT2D eigenvalue weighted by atomic mass is 9.71. The molecule has 1 fully saturated rings. The number of carbonyl (C=O) groups excluding carboxylic acids is 2. The van der Waals surface area contributed by atoms with Crippen molar-refractivity contribution >= 4 is 11.8 Å². The molecule has 1 aliphatic carbocycles. The number of nitrogens with one attached hydrogen (secondary N) is 1. The van der Waals surface area contributed by atoms with E-state index in [1.807, 2.05) is 47.4 Å². The Balaban J connectivity index is 1.43. The number of fused-ring (bicyclic) bond motifs is 2. The van der Waals surface area contributed by atoms with Crippen LogP contribution in [0.4, 0.5) is 0 Å². The van der Waals surface area contributed by atoms with E-state index in [0.717, 1.165) is 24.0 Å². The van der Waals surface area contributed by atoms with Crippen LogP contribution in [0.25, 0.3) is 0 Å². The van der Waals surface area contributed by atoms with Crippen molar-refractivity contribution in [1.82, 2.24) is 15.2 Å². The zero-order valence-corrected chi connectivity index (χ0v) is 20.6. The van der Waals surface area contributed by atoms with Crippen LogP contribution in [0, 0.1) is 0 Å². The van der Waals surface area contributed by atoms with Crippen LogP contribution >= 0.6 is 0 Å². The quantitative estimate of drug-likeness (QED) is 0.570. The molecule has 0 bridgehead atoms. The zero-order valence-electron chi connectivity index (χ0n) is 20.6. The predicted octanol–water partition coefficient (Wildman–Crippen LogP) is 4.04. The van der Waals surface area contributed by atoms with Crippen molar-refractivity contribution in [2.24, 2.45) is 0 Å². The Labute approximate surface area is 211 Å². The van der Waals surface area contributed by atoms with Crippen LogP contribution in [-0.2, 0) is 21.6 Å². The van der Waals surface area contributed by atoms with Crippen molar-refractivity contribution < 1.29 is 19.1 Å². The number of piperidine rings is 1. The maximum Gasteiger partial charge on any atom is 0.253 e. The second-order valence-corrected chi connectivity index (χ2v) is 9.53. The molecule has 2 amide bonds. The standard InChI is InChI=1S/C29H31N3O4/c1-20(33)31-26-24-8-3-4-9-25(24)29(27(26)36-19-21-10-14-30-15-11-21)12-16-32(17-13-29)28(34)22-6-5-7-23(18-22)35-2/h3-11,14-15,18,26-27H,12-13,16-17,19H2,1-2H3,(H,31,33)/t26-,27+/m0/s1. The molecule has 1 aliphatic heterocycles. The number of rotatable bonds is 6. The molecule has 0 unspecified atom stereocenters. The zero-order chi connectivity index (χ0) is 25.1. The van der Waals surface area contributed by atoms with Crippen molar-refractivity contribution in [3.8, 4) is 5.75 Å². The second-order valence-electron chi connectivity index (χ2n) is 9.53. The Kier molecular flexibility index (Phi) is 6.74. The number of likely N-dealkylation sites (tertiary alicyclic amines) is 1. The normalized spacial score (nSPS) is 20.1. The highest BCUT2D eigenvalue weighted by molar-refractivity contribution is 5.94. The highest BCUT2D eigenvalue weighted by Gasteiger charge is 2.54. The Morgan fingerprint density at radius 3 is 2.53 bits per heavy atom. The molecule has 0 radical (unpaired) electrons. The number of amides is 2. The molecule has 186 valence electrons. The van der Waals surface area contributed by atoms with E-state index in [4.69, 9.17) is 9.47 Å². The smallest absolute Gasteiger partial charge is 0.253 e. The largest absolute Gasteiger partial charge is 0.497 e. The summed E-state index contributed by atoms with van der Waals surface area (Å²) in [5.41, 5.74) is 3.65. The van der Waals surface area contributed by atoms with Crippen LogP contribution < -0.4 is 10.1 Å². The van der Waals surface area contributed by atoms with Crippen LogP contribution in [-0.4, -0.2) is 48.0 Å². The van der Waals surface area contributed by atoms with Gasteiger partial charge in [0.15, 0.2) is 0 Å². The van der Waals surface area contributed by atoms with Crippen LogP contribution in [0.1, 0.15) is 52.9 Å². The van der Waals surface area contributed by atoms with Gasteiger partial charge in [0.05, 0.1) is 25.9 Å². The molecule has 36 heavy (non-hydrogen) atoms. The maximum absolute atomic E-state index is 13.3. The Morgan fingerprint density at radius 2 is 1.81 bits per heavy atom. The number of hydrogen-bond donors (Lipinski definition) is 1. The van der Waals surface area contributed by atoms with Gasteiger partial charge in [-0.3, -0.25) is 14.6 Å². The van der Waals surface area contributed by atoms with Crippen LogP contribution in [0.2, 0.25) is 0 Å². The molecule has 1 N–H and O–H groups in total. The lowest BCUT2D eigenvalue weighted by Crippen LogP contribution is -2.51. The van der Waals surface area contributed by atoms with Crippen LogP contribution in [0.3, 0.4) is 0 Å². The van der Waals surface area contributed by atoms with E-state index >= 15 is 0 Å². The van der Waals surface area contributed by atoms with E-state index in [1.54, 1.807) is 32.5 Å². The SMILES string of the molecule is COc1cccc(C(=O)N2CCC3(CC2)c2ccccc2[C@H](NC(C)=O)[C@H]3OCc2ccncc2)c1. The first-order valence-electron chi connectivity index (χ1n) is 12.3. The number of aromatic nitrogens is 1. The summed E-state index contributed by atoms with van der Waals surface area (Å²) in [6.45, 7) is 3.17. The third-order valence-electron chi connectivity index (χ3n) is 7.48. The summed E-state index contributed by atoms with van der Waals surface area (Å²) in [4.78, 5) is 31.5. The number of benzene rings is 2. The summed E-state index contributed by atoms with van der Waals surface area (Å²) in [5.74, 6) is 0.583. The van der Waals surface area contributed by atoms with E-state index in [0.29, 0.717) is 31.0 Å². The van der Waals surface area contributed by atoms with Crippen molar-refractivity contribution in [1.29, 1.82) is 0 Å². The highest BCUT2D eigenvalue weighted by atomic mass is 16.5. The van der Waals surface area contributed by atoms with E-state index in [-0.39, 0.29) is 29.4 Å². The van der Waals surface area contributed by atoms with Gasteiger partial charge in [0, 0.05) is 43.4 Å². The number of carbonyl (C=O) groups is 2. The van der Waals surface area contributed by atoms with Crippen LogP contribution in [0.15, 0.2) is 73.1 Å². The first-order chi connectivity index (χ1) is 17.5. The van der Waals surface area contributed by atoms with E-state index in [1.165, 1.54) is 5.56 Å². The summed E-state index contributed by atoms with van der Waals surface area (Å²) < 4.78 is 11.9. The third-order valence-corrected chi connectivity index (χ3v) is 7.48. The average Bonchev–Trinajstić information content (AvgIpc) is 3.16. The van der Waals surface area contributed by atoms with E-state index < -0.39 is 0 Å². The van der Waals surface area contributed by atoms with Crippen molar-refractivity contribution in [3.05, 3.63) is 95.3 Å². The van der Waals surface area contributed by atoms with Gasteiger partial charge in [0.25, 0.3) is 5.91 Å². The molecule has 7 nitrogen and oxygen atoms in total. The van der Waals surface area contributed by atoms with Crippen molar-refractivity contribution in [2.75, 3.05) is 20.2 Å². The van der Waals surface area contributed by atoms with E-state index in [9.17, 15) is 9.59 Å². The summed E-state index contributed by atoms with van der Waals surface area (Å²) in [6, 6.07) is 19.2. The lowest BCUT2D eigenvalue weighted by molar-refractivity contribution is -0.122. The molecule has 1 aromatic heterocycles. The maximum atomic E-state index is 13.3. The summed E-state index contributed by atoms with van der Waals surface area (Å²) in [7, 11) is 1.60. The van der Waals surface area contributed by atoms with Gasteiger partial charge >= 0.3 is 0 Å². The molecule has 0 saturated carbocycles. The van der Waals surface area contributed by atoms with Gasteiger partial charge in [-0.05, 0) is 59.9 Å². The molecule has 1 saturated heterocycles. The number of ether oxygens (including phenoxy) is 2. The van der Waals surface area contributed by atoms with E-state index in [2.05, 4.69) is 22.4 Å². The first kappa shape index (κ1) is 24.0. The van der Waals surface area contributed by atoms with Gasteiger partial charge in [0.1, 0.15) is 5.75 Å². The Bertz CT molecular complexity index is 1240.